The van der Waals surface area contributed by atoms with Gasteiger partial charge in [-0.3, -0.25) is 4.79 Å². The second-order valence-corrected chi connectivity index (χ2v) is 3.72. The average Bonchev–Trinajstić information content (AvgIpc) is 2.43. The van der Waals surface area contributed by atoms with Gasteiger partial charge in [0.2, 0.25) is 0 Å². The van der Waals surface area contributed by atoms with Gasteiger partial charge in [0.15, 0.2) is 5.79 Å². The molecule has 1 fully saturated rings. The van der Waals surface area contributed by atoms with Crippen LogP contribution in [-0.4, -0.2) is 46.8 Å². The Hall–Kier alpha value is -0.690. The summed E-state index contributed by atoms with van der Waals surface area (Å²) in [6, 6.07) is -1.35. The van der Waals surface area contributed by atoms with Gasteiger partial charge in [-0.2, -0.15) is 0 Å². The highest BCUT2D eigenvalue weighted by molar-refractivity contribution is 5.74. The number of carbonyl (C=O) groups is 1. The Balaban J connectivity index is 2.55. The zero-order chi connectivity index (χ0) is 10.9. The summed E-state index contributed by atoms with van der Waals surface area (Å²) in [5.41, 5.74) is 5.24. The maximum atomic E-state index is 10.5. The summed E-state index contributed by atoms with van der Waals surface area (Å²) in [6.07, 6.45) is -1.94. The molecule has 82 valence electrons. The highest BCUT2D eigenvalue weighted by Crippen LogP contribution is 2.24. The fourth-order valence-electron chi connectivity index (χ4n) is 1.26. The number of ether oxygens (including phenoxy) is 2. The van der Waals surface area contributed by atoms with Crippen LogP contribution in [-0.2, 0) is 14.3 Å². The van der Waals surface area contributed by atoms with Crippen LogP contribution in [0.15, 0.2) is 0 Å². The standard InChI is InChI=1S/C8H15NO5/c1-8(2)13-3-4(14-8)6(10)5(9)7(11)12/h4-6,10H,3,9H2,1-2H3,(H,11,12)/t4-,5?,6?/m0/s1. The Morgan fingerprint density at radius 1 is 1.64 bits per heavy atom. The van der Waals surface area contributed by atoms with E-state index in [1.54, 1.807) is 13.8 Å². The molecule has 0 spiro atoms. The molecule has 3 atom stereocenters. The normalized spacial score (nSPS) is 29.9. The molecule has 14 heavy (non-hydrogen) atoms. The predicted octanol–water partition coefficient (Wildman–Crippen LogP) is -1.09. The van der Waals surface area contributed by atoms with Crippen LogP contribution in [0, 0.1) is 0 Å². The van der Waals surface area contributed by atoms with E-state index >= 15 is 0 Å². The predicted molar refractivity (Wildman–Crippen MR) is 46.5 cm³/mol. The van der Waals surface area contributed by atoms with Crippen LogP contribution in [0.4, 0.5) is 0 Å². The molecular formula is C8H15NO5. The number of carboxylic acids is 1. The number of nitrogens with two attached hydrogens (primary N) is 1. The summed E-state index contributed by atoms with van der Waals surface area (Å²) >= 11 is 0. The van der Waals surface area contributed by atoms with E-state index in [-0.39, 0.29) is 6.61 Å². The van der Waals surface area contributed by atoms with E-state index in [0.717, 1.165) is 0 Å². The summed E-state index contributed by atoms with van der Waals surface area (Å²) in [5, 5.41) is 18.1. The van der Waals surface area contributed by atoms with Gasteiger partial charge in [-0.1, -0.05) is 0 Å². The second kappa shape index (κ2) is 3.82. The Morgan fingerprint density at radius 3 is 2.57 bits per heavy atom. The second-order valence-electron chi connectivity index (χ2n) is 3.72. The van der Waals surface area contributed by atoms with Gasteiger partial charge in [0.05, 0.1) is 6.61 Å². The lowest BCUT2D eigenvalue weighted by molar-refractivity contribution is -0.159. The molecule has 1 rings (SSSR count). The van der Waals surface area contributed by atoms with Crippen molar-refractivity contribution in [3.05, 3.63) is 0 Å². The maximum absolute atomic E-state index is 10.5. The third-order valence-electron chi connectivity index (χ3n) is 2.06. The van der Waals surface area contributed by atoms with Crippen molar-refractivity contribution in [1.29, 1.82) is 0 Å². The molecule has 0 radical (unpaired) electrons. The van der Waals surface area contributed by atoms with Crippen molar-refractivity contribution in [2.24, 2.45) is 5.73 Å². The van der Waals surface area contributed by atoms with Gasteiger partial charge in [-0.25, -0.2) is 0 Å². The van der Waals surface area contributed by atoms with Crippen LogP contribution in [0.2, 0.25) is 0 Å². The molecule has 2 unspecified atom stereocenters. The first kappa shape index (κ1) is 11.4. The molecule has 1 aliphatic rings. The van der Waals surface area contributed by atoms with Crippen molar-refractivity contribution in [3.8, 4) is 0 Å². The van der Waals surface area contributed by atoms with E-state index in [1.165, 1.54) is 0 Å². The van der Waals surface area contributed by atoms with E-state index < -0.39 is 30.0 Å². The van der Waals surface area contributed by atoms with E-state index in [9.17, 15) is 9.90 Å². The topological polar surface area (TPSA) is 102 Å². The van der Waals surface area contributed by atoms with Crippen molar-refractivity contribution < 1.29 is 24.5 Å². The lowest BCUT2D eigenvalue weighted by Gasteiger charge is -2.22. The van der Waals surface area contributed by atoms with Crippen LogP contribution in [0.1, 0.15) is 13.8 Å². The highest BCUT2D eigenvalue weighted by Gasteiger charge is 2.40. The fourth-order valence-corrected chi connectivity index (χ4v) is 1.26. The summed E-state index contributed by atoms with van der Waals surface area (Å²) in [5.74, 6) is -2.05. The Labute approximate surface area is 81.6 Å². The molecule has 1 aliphatic heterocycles. The molecule has 6 heteroatoms. The number of rotatable bonds is 3. The molecule has 4 N–H and O–H groups in total. The summed E-state index contributed by atoms with van der Waals surface area (Å²) < 4.78 is 10.4. The maximum Gasteiger partial charge on any atom is 0.323 e. The minimum atomic E-state index is -1.35. The van der Waals surface area contributed by atoms with E-state index in [4.69, 9.17) is 20.3 Å². The van der Waals surface area contributed by atoms with E-state index in [1.807, 2.05) is 0 Å². The number of carboxylic acid groups (broad SMARTS) is 1. The zero-order valence-electron chi connectivity index (χ0n) is 8.14. The SMILES string of the molecule is CC1(C)OC[C@@H](C(O)C(N)C(=O)O)O1. The molecular weight excluding hydrogens is 190 g/mol. The molecule has 0 aromatic heterocycles. The largest absolute Gasteiger partial charge is 0.480 e. The van der Waals surface area contributed by atoms with Crippen molar-refractivity contribution in [3.63, 3.8) is 0 Å². The first-order valence-electron chi connectivity index (χ1n) is 4.32. The molecule has 0 bridgehead atoms. The van der Waals surface area contributed by atoms with Crippen LogP contribution in [0.3, 0.4) is 0 Å². The van der Waals surface area contributed by atoms with Crippen LogP contribution >= 0.6 is 0 Å². The third-order valence-corrected chi connectivity index (χ3v) is 2.06. The number of aliphatic hydroxyl groups excluding tert-OH is 1. The lowest BCUT2D eigenvalue weighted by atomic mass is 10.1. The molecule has 0 amide bonds. The Morgan fingerprint density at radius 2 is 2.21 bits per heavy atom. The highest BCUT2D eigenvalue weighted by atomic mass is 16.7. The van der Waals surface area contributed by atoms with Crippen LogP contribution in [0.25, 0.3) is 0 Å². The van der Waals surface area contributed by atoms with Gasteiger partial charge >= 0.3 is 5.97 Å². The van der Waals surface area contributed by atoms with E-state index in [0.29, 0.717) is 0 Å². The van der Waals surface area contributed by atoms with Gasteiger partial charge in [-0.15, -0.1) is 0 Å². The van der Waals surface area contributed by atoms with Gasteiger partial charge < -0.3 is 25.4 Å². The molecule has 0 aliphatic carbocycles. The number of hydrogen-bond donors (Lipinski definition) is 3. The van der Waals surface area contributed by atoms with Crippen molar-refractivity contribution in [2.45, 2.75) is 37.9 Å². The molecule has 6 nitrogen and oxygen atoms in total. The summed E-state index contributed by atoms with van der Waals surface area (Å²) in [6.45, 7) is 3.52. The molecule has 1 heterocycles. The van der Waals surface area contributed by atoms with Crippen LogP contribution < -0.4 is 5.73 Å². The monoisotopic (exact) mass is 205 g/mol. The zero-order valence-corrected chi connectivity index (χ0v) is 8.14. The quantitative estimate of drug-likeness (QED) is 0.541. The lowest BCUT2D eigenvalue weighted by Crippen LogP contribution is -2.49. The molecule has 0 saturated carbocycles. The minimum absolute atomic E-state index is 0.148. The van der Waals surface area contributed by atoms with Gasteiger partial charge in [-0.05, 0) is 13.8 Å². The first-order chi connectivity index (χ1) is 6.33. The Kier molecular flexibility index (Phi) is 3.10. The summed E-state index contributed by atoms with van der Waals surface area (Å²) in [7, 11) is 0. The fraction of sp³-hybridized carbons (Fsp3) is 0.875. The van der Waals surface area contributed by atoms with Gasteiger partial charge in [0.1, 0.15) is 18.2 Å². The average molecular weight is 205 g/mol. The number of aliphatic hydroxyl groups is 1. The third kappa shape index (κ3) is 2.42. The smallest absolute Gasteiger partial charge is 0.323 e. The number of aliphatic carboxylic acids is 1. The van der Waals surface area contributed by atoms with Crippen molar-refractivity contribution >= 4 is 5.97 Å². The Bertz CT molecular complexity index is 230. The first-order valence-corrected chi connectivity index (χ1v) is 4.32. The summed E-state index contributed by atoms with van der Waals surface area (Å²) in [4.78, 5) is 10.5. The van der Waals surface area contributed by atoms with E-state index in [2.05, 4.69) is 0 Å². The van der Waals surface area contributed by atoms with Gasteiger partial charge in [0.25, 0.3) is 0 Å². The molecule has 0 aromatic rings. The molecule has 0 aromatic carbocycles. The van der Waals surface area contributed by atoms with Crippen LogP contribution in [0.5, 0.6) is 0 Å². The minimum Gasteiger partial charge on any atom is -0.480 e. The van der Waals surface area contributed by atoms with Gasteiger partial charge in [0, 0.05) is 0 Å². The van der Waals surface area contributed by atoms with Crippen molar-refractivity contribution in [2.75, 3.05) is 6.61 Å². The molecule has 1 saturated heterocycles. The van der Waals surface area contributed by atoms with Crippen molar-refractivity contribution in [1.82, 2.24) is 0 Å². The number of hydrogen-bond acceptors (Lipinski definition) is 5.